The van der Waals surface area contributed by atoms with Crippen LogP contribution in [-0.4, -0.2) is 50.7 Å². The first-order chi connectivity index (χ1) is 10.5. The van der Waals surface area contributed by atoms with Gasteiger partial charge in [-0.3, -0.25) is 14.1 Å². The van der Waals surface area contributed by atoms with Gasteiger partial charge in [0, 0.05) is 12.2 Å². The molecule has 0 spiro atoms. The van der Waals surface area contributed by atoms with Gasteiger partial charge in [-0.1, -0.05) is 6.07 Å². The summed E-state index contributed by atoms with van der Waals surface area (Å²) < 4.78 is 60.9. The molecule has 0 aliphatic heterocycles. The number of rotatable bonds is 7. The second-order valence-electron chi connectivity index (χ2n) is 4.74. The van der Waals surface area contributed by atoms with Gasteiger partial charge in [-0.2, -0.15) is 16.8 Å². The summed E-state index contributed by atoms with van der Waals surface area (Å²) in [5, 5.41) is 5.60. The molecule has 0 radical (unpaired) electrons. The van der Waals surface area contributed by atoms with Crippen LogP contribution < -0.4 is 10.6 Å². The van der Waals surface area contributed by atoms with E-state index in [2.05, 4.69) is 15.6 Å². The standard InChI is InChI=1S/C12H19N3O6S2/c1-9-3-4-11(23(19,20)21)7-12(9)15-8-14-10(2)13-5-6-22(16,17)18/h3-4,7,15H,5-6,8H2,1-2H3,(H,13,14)(H,16,17,18)(H,19,20,21). The van der Waals surface area contributed by atoms with Gasteiger partial charge >= 0.3 is 0 Å². The van der Waals surface area contributed by atoms with E-state index in [9.17, 15) is 16.8 Å². The Labute approximate surface area is 135 Å². The minimum atomic E-state index is -4.28. The third-order valence-corrected chi connectivity index (χ3v) is 4.40. The van der Waals surface area contributed by atoms with Crippen molar-refractivity contribution in [2.24, 2.45) is 4.99 Å². The van der Waals surface area contributed by atoms with Gasteiger partial charge in [0.25, 0.3) is 20.2 Å². The highest BCUT2D eigenvalue weighted by Crippen LogP contribution is 2.19. The van der Waals surface area contributed by atoms with Crippen molar-refractivity contribution in [1.29, 1.82) is 0 Å². The zero-order valence-electron chi connectivity index (χ0n) is 12.6. The molecule has 4 N–H and O–H groups in total. The number of nitrogens with one attached hydrogen (secondary N) is 2. The van der Waals surface area contributed by atoms with E-state index in [1.807, 2.05) is 0 Å². The lowest BCUT2D eigenvalue weighted by atomic mass is 10.2. The predicted octanol–water partition coefficient (Wildman–Crippen LogP) is 0.507. The number of aliphatic imine (C=N–C) groups is 1. The molecule has 0 aliphatic rings. The van der Waals surface area contributed by atoms with Crippen molar-refractivity contribution in [3.05, 3.63) is 23.8 Å². The minimum Gasteiger partial charge on any atom is -0.373 e. The molecule has 0 bridgehead atoms. The monoisotopic (exact) mass is 365 g/mol. The average Bonchev–Trinajstić information content (AvgIpc) is 2.38. The first-order valence-corrected chi connectivity index (χ1v) is 9.56. The van der Waals surface area contributed by atoms with Crippen molar-refractivity contribution in [1.82, 2.24) is 5.32 Å². The quantitative estimate of drug-likeness (QED) is 0.311. The maximum atomic E-state index is 11.1. The highest BCUT2D eigenvalue weighted by Gasteiger charge is 2.11. The van der Waals surface area contributed by atoms with Crippen molar-refractivity contribution >= 4 is 31.8 Å². The van der Waals surface area contributed by atoms with E-state index in [-0.39, 0.29) is 18.1 Å². The van der Waals surface area contributed by atoms with Crippen molar-refractivity contribution in [2.45, 2.75) is 18.7 Å². The highest BCUT2D eigenvalue weighted by molar-refractivity contribution is 7.86. The zero-order valence-corrected chi connectivity index (χ0v) is 14.3. The SMILES string of the molecule is C/C(=N\CNc1cc(S(=O)(=O)O)ccc1C)NCCS(=O)(=O)O. The fourth-order valence-electron chi connectivity index (χ4n) is 1.61. The Morgan fingerprint density at radius 2 is 1.87 bits per heavy atom. The molecule has 23 heavy (non-hydrogen) atoms. The molecule has 1 aromatic rings. The molecule has 0 unspecified atom stereocenters. The van der Waals surface area contributed by atoms with E-state index < -0.39 is 26.0 Å². The molecule has 130 valence electrons. The molecule has 0 atom stereocenters. The summed E-state index contributed by atoms with van der Waals surface area (Å²) in [7, 11) is -8.30. The Kier molecular flexibility index (Phi) is 6.50. The average molecular weight is 365 g/mol. The smallest absolute Gasteiger partial charge is 0.294 e. The molecule has 0 saturated carbocycles. The third-order valence-electron chi connectivity index (χ3n) is 2.83. The number of aryl methyl sites for hydroxylation is 1. The third kappa shape index (κ3) is 7.41. The molecule has 1 rings (SSSR count). The van der Waals surface area contributed by atoms with Gasteiger partial charge in [-0.05, 0) is 31.5 Å². The number of nitrogens with zero attached hydrogens (tertiary/aromatic N) is 1. The lowest BCUT2D eigenvalue weighted by molar-refractivity contribution is 0.480. The van der Waals surface area contributed by atoms with Crippen LogP contribution in [0.4, 0.5) is 5.69 Å². The molecule has 0 saturated heterocycles. The van der Waals surface area contributed by atoms with Crippen LogP contribution in [0.1, 0.15) is 12.5 Å². The van der Waals surface area contributed by atoms with Crippen LogP contribution in [0.5, 0.6) is 0 Å². The van der Waals surface area contributed by atoms with Crippen LogP contribution in [0.3, 0.4) is 0 Å². The van der Waals surface area contributed by atoms with Crippen molar-refractivity contribution < 1.29 is 25.9 Å². The van der Waals surface area contributed by atoms with Gasteiger partial charge in [0.05, 0.1) is 16.5 Å². The molecule has 0 aromatic heterocycles. The number of hydrogen-bond acceptors (Lipinski definition) is 6. The molecular weight excluding hydrogens is 346 g/mol. The maximum Gasteiger partial charge on any atom is 0.294 e. The summed E-state index contributed by atoms with van der Waals surface area (Å²) in [4.78, 5) is 3.85. The summed E-state index contributed by atoms with van der Waals surface area (Å²) in [5.41, 5.74) is 1.26. The van der Waals surface area contributed by atoms with Crippen LogP contribution in [0.2, 0.25) is 0 Å². The Morgan fingerprint density at radius 3 is 2.43 bits per heavy atom. The fourth-order valence-corrected chi connectivity index (χ4v) is 2.48. The lowest BCUT2D eigenvalue weighted by Crippen LogP contribution is -2.27. The first kappa shape index (κ1) is 19.4. The lowest BCUT2D eigenvalue weighted by Gasteiger charge is -2.10. The Hall–Kier alpha value is -1.69. The molecule has 9 nitrogen and oxygen atoms in total. The molecule has 11 heteroatoms. The molecule has 0 aliphatic carbocycles. The van der Waals surface area contributed by atoms with Crippen molar-refractivity contribution in [2.75, 3.05) is 24.3 Å². The minimum absolute atomic E-state index is 0.0193. The Morgan fingerprint density at radius 1 is 1.22 bits per heavy atom. The first-order valence-electron chi connectivity index (χ1n) is 6.51. The second-order valence-corrected chi connectivity index (χ2v) is 7.74. The molecule has 0 fully saturated rings. The Bertz CT molecular complexity index is 787. The number of anilines is 1. The van der Waals surface area contributed by atoms with Gasteiger partial charge in [0.15, 0.2) is 0 Å². The topological polar surface area (TPSA) is 145 Å². The van der Waals surface area contributed by atoms with E-state index >= 15 is 0 Å². The number of amidine groups is 1. The normalized spacial score (nSPS) is 13.0. The second kappa shape index (κ2) is 7.73. The molecule has 0 heterocycles. The van der Waals surface area contributed by atoms with Crippen molar-refractivity contribution in [3.63, 3.8) is 0 Å². The van der Waals surface area contributed by atoms with Crippen LogP contribution in [-0.2, 0) is 20.2 Å². The Balaban J connectivity index is 2.63. The summed E-state index contributed by atoms with van der Waals surface area (Å²) in [5.74, 6) is 0.0211. The number of benzene rings is 1. The van der Waals surface area contributed by atoms with Crippen molar-refractivity contribution in [3.8, 4) is 0 Å². The summed E-state index contributed by atoms with van der Waals surface area (Å²) >= 11 is 0. The summed E-state index contributed by atoms with van der Waals surface area (Å²) in [6.45, 7) is 3.51. The highest BCUT2D eigenvalue weighted by atomic mass is 32.2. The molecule has 1 aromatic carbocycles. The van der Waals surface area contributed by atoms with E-state index in [1.165, 1.54) is 12.1 Å². The van der Waals surface area contributed by atoms with Gasteiger partial charge < -0.3 is 10.6 Å². The van der Waals surface area contributed by atoms with Gasteiger partial charge in [0.1, 0.15) is 6.67 Å². The molecular formula is C12H19N3O6S2. The van der Waals surface area contributed by atoms with Crippen LogP contribution in [0, 0.1) is 6.92 Å². The van der Waals surface area contributed by atoms with E-state index in [0.29, 0.717) is 11.5 Å². The van der Waals surface area contributed by atoms with Gasteiger partial charge in [0.2, 0.25) is 0 Å². The van der Waals surface area contributed by atoms with Crippen LogP contribution in [0.25, 0.3) is 0 Å². The fraction of sp³-hybridized carbons (Fsp3) is 0.417. The number of hydrogen-bond donors (Lipinski definition) is 4. The van der Waals surface area contributed by atoms with Crippen LogP contribution >= 0.6 is 0 Å². The van der Waals surface area contributed by atoms with Gasteiger partial charge in [-0.25, -0.2) is 0 Å². The van der Waals surface area contributed by atoms with Crippen LogP contribution in [0.15, 0.2) is 28.1 Å². The van der Waals surface area contributed by atoms with E-state index in [1.54, 1.807) is 19.9 Å². The largest absolute Gasteiger partial charge is 0.373 e. The zero-order chi connectivity index (χ0) is 17.7. The van der Waals surface area contributed by atoms with E-state index in [4.69, 9.17) is 9.11 Å². The van der Waals surface area contributed by atoms with Gasteiger partial charge in [-0.15, -0.1) is 0 Å². The van der Waals surface area contributed by atoms with E-state index in [0.717, 1.165) is 5.56 Å². The summed E-state index contributed by atoms with van der Waals surface area (Å²) in [6, 6.07) is 4.13. The molecule has 0 amide bonds. The summed E-state index contributed by atoms with van der Waals surface area (Å²) in [6.07, 6.45) is 0. The maximum absolute atomic E-state index is 11.1. The predicted molar refractivity (Wildman–Crippen MR) is 87.0 cm³/mol.